The molecule has 0 aliphatic carbocycles. The van der Waals surface area contributed by atoms with Gasteiger partial charge in [-0.15, -0.1) is 10.2 Å². The molecule has 0 fully saturated rings. The van der Waals surface area contributed by atoms with Crippen LogP contribution in [-0.2, 0) is 6.42 Å². The molecule has 0 aliphatic heterocycles. The Hall–Kier alpha value is -2.11. The van der Waals surface area contributed by atoms with Gasteiger partial charge in [-0.2, -0.15) is 0 Å². The van der Waals surface area contributed by atoms with Crippen LogP contribution in [0.1, 0.15) is 51.3 Å². The molecule has 23 heavy (non-hydrogen) atoms. The van der Waals surface area contributed by atoms with Crippen molar-refractivity contribution >= 4 is 11.6 Å². The van der Waals surface area contributed by atoms with Crippen LogP contribution in [0.15, 0.2) is 29.4 Å². The average molecular weight is 316 g/mol. The van der Waals surface area contributed by atoms with Crippen LogP contribution in [0.2, 0.25) is 0 Å². The first-order chi connectivity index (χ1) is 11.3. The van der Waals surface area contributed by atoms with Crippen molar-refractivity contribution in [1.82, 2.24) is 19.9 Å². The fraction of sp³-hybridized carbons (Fsp3) is 0.588. The van der Waals surface area contributed by atoms with Gasteiger partial charge in [0.1, 0.15) is 5.82 Å². The summed E-state index contributed by atoms with van der Waals surface area (Å²) in [5.74, 6) is 1.45. The largest absolute Gasteiger partial charge is 0.370 e. The zero-order valence-corrected chi connectivity index (χ0v) is 14.0. The number of fused-ring (bicyclic) bond motifs is 1. The van der Waals surface area contributed by atoms with Gasteiger partial charge in [0.05, 0.1) is 0 Å². The molecule has 2 aromatic rings. The summed E-state index contributed by atoms with van der Waals surface area (Å²) in [6.07, 6.45) is 10.3. The molecule has 2 heterocycles. The fourth-order valence-corrected chi connectivity index (χ4v) is 2.51. The van der Waals surface area contributed by atoms with Crippen molar-refractivity contribution in [3.63, 3.8) is 0 Å². The van der Waals surface area contributed by atoms with E-state index in [9.17, 15) is 0 Å². The van der Waals surface area contributed by atoms with E-state index in [0.29, 0.717) is 12.5 Å². The molecule has 0 atom stereocenters. The van der Waals surface area contributed by atoms with Gasteiger partial charge < -0.3 is 11.1 Å². The number of aromatic nitrogens is 3. The van der Waals surface area contributed by atoms with Crippen molar-refractivity contribution in [1.29, 1.82) is 0 Å². The normalized spacial score (nSPS) is 12.0. The third kappa shape index (κ3) is 5.88. The molecule has 0 amide bonds. The van der Waals surface area contributed by atoms with Crippen molar-refractivity contribution in [2.75, 3.05) is 13.1 Å². The first kappa shape index (κ1) is 17.2. The molecule has 2 aromatic heterocycles. The number of nitrogens with zero attached hydrogens (tertiary/aromatic N) is 4. The standard InChI is InChI=1S/C17H28N6/c1-2-3-4-5-6-8-12-19-17(18)20-13-11-16-22-21-15-10-7-9-14-23(15)16/h7,9-10,14H,2-6,8,11-13H2,1H3,(H3,18,19,20). The van der Waals surface area contributed by atoms with Crippen molar-refractivity contribution < 1.29 is 0 Å². The van der Waals surface area contributed by atoms with Crippen molar-refractivity contribution in [2.45, 2.75) is 51.9 Å². The topological polar surface area (TPSA) is 80.6 Å². The average Bonchev–Trinajstić information content (AvgIpc) is 2.97. The van der Waals surface area contributed by atoms with E-state index in [1.165, 1.54) is 32.1 Å². The lowest BCUT2D eigenvalue weighted by Gasteiger charge is -2.05. The highest BCUT2D eigenvalue weighted by atomic mass is 15.2. The summed E-state index contributed by atoms with van der Waals surface area (Å²) < 4.78 is 1.99. The number of guanidine groups is 1. The Morgan fingerprint density at radius 2 is 2.00 bits per heavy atom. The summed E-state index contributed by atoms with van der Waals surface area (Å²) in [5.41, 5.74) is 6.75. The van der Waals surface area contributed by atoms with Gasteiger partial charge in [0.15, 0.2) is 11.6 Å². The Bertz CT molecular complexity index is 604. The summed E-state index contributed by atoms with van der Waals surface area (Å²) in [7, 11) is 0. The second-order valence-corrected chi connectivity index (χ2v) is 5.76. The van der Waals surface area contributed by atoms with E-state index in [0.717, 1.165) is 30.9 Å². The molecule has 0 radical (unpaired) electrons. The highest BCUT2D eigenvalue weighted by Gasteiger charge is 2.03. The van der Waals surface area contributed by atoms with E-state index in [1.54, 1.807) is 0 Å². The quantitative estimate of drug-likeness (QED) is 0.401. The van der Waals surface area contributed by atoms with Gasteiger partial charge in [-0.25, -0.2) is 0 Å². The number of nitrogens with two attached hydrogens (primary N) is 1. The summed E-state index contributed by atoms with van der Waals surface area (Å²) in [5, 5.41) is 11.5. The third-order valence-corrected chi connectivity index (χ3v) is 3.83. The van der Waals surface area contributed by atoms with Crippen LogP contribution in [0.4, 0.5) is 0 Å². The summed E-state index contributed by atoms with van der Waals surface area (Å²) in [6, 6.07) is 5.88. The van der Waals surface area contributed by atoms with Crippen molar-refractivity contribution in [2.24, 2.45) is 10.7 Å². The Morgan fingerprint density at radius 1 is 1.17 bits per heavy atom. The molecule has 6 nitrogen and oxygen atoms in total. The summed E-state index contributed by atoms with van der Waals surface area (Å²) >= 11 is 0. The Balaban J connectivity index is 1.62. The lowest BCUT2D eigenvalue weighted by atomic mass is 10.1. The van der Waals surface area contributed by atoms with Gasteiger partial charge in [0.2, 0.25) is 0 Å². The van der Waals surface area contributed by atoms with Crippen molar-refractivity contribution in [3.05, 3.63) is 30.2 Å². The maximum absolute atomic E-state index is 5.88. The van der Waals surface area contributed by atoms with Gasteiger partial charge in [-0.1, -0.05) is 45.1 Å². The van der Waals surface area contributed by atoms with Crippen LogP contribution in [0, 0.1) is 0 Å². The smallest absolute Gasteiger partial charge is 0.188 e. The number of aliphatic imine (C=N–C) groups is 1. The van der Waals surface area contributed by atoms with E-state index in [1.807, 2.05) is 28.8 Å². The summed E-state index contributed by atoms with van der Waals surface area (Å²) in [6.45, 7) is 3.75. The van der Waals surface area contributed by atoms with Gasteiger partial charge in [0.25, 0.3) is 0 Å². The second-order valence-electron chi connectivity index (χ2n) is 5.76. The van der Waals surface area contributed by atoms with Crippen LogP contribution < -0.4 is 11.1 Å². The molecule has 0 aromatic carbocycles. The molecular formula is C17H28N6. The van der Waals surface area contributed by atoms with E-state index < -0.39 is 0 Å². The number of hydrogen-bond donors (Lipinski definition) is 2. The molecule has 0 saturated carbocycles. The molecule has 0 bridgehead atoms. The minimum atomic E-state index is 0.521. The Morgan fingerprint density at radius 3 is 2.87 bits per heavy atom. The monoisotopic (exact) mass is 316 g/mol. The molecule has 6 heteroatoms. The van der Waals surface area contributed by atoms with Crippen LogP contribution in [0.5, 0.6) is 0 Å². The molecule has 3 N–H and O–H groups in total. The number of hydrogen-bond acceptors (Lipinski definition) is 3. The van der Waals surface area contributed by atoms with Crippen LogP contribution in [0.25, 0.3) is 5.65 Å². The maximum atomic E-state index is 5.88. The Kier molecular flexibility index (Phi) is 7.36. The maximum Gasteiger partial charge on any atom is 0.188 e. The number of nitrogens with one attached hydrogen (secondary N) is 1. The molecule has 0 aliphatic rings. The van der Waals surface area contributed by atoms with Crippen LogP contribution in [0.3, 0.4) is 0 Å². The van der Waals surface area contributed by atoms with Crippen LogP contribution >= 0.6 is 0 Å². The second kappa shape index (κ2) is 9.82. The molecule has 0 unspecified atom stereocenters. The predicted molar refractivity (Wildman–Crippen MR) is 94.6 cm³/mol. The molecule has 2 rings (SSSR count). The van der Waals surface area contributed by atoms with E-state index in [-0.39, 0.29) is 0 Å². The number of unbranched alkanes of at least 4 members (excludes halogenated alkanes) is 5. The lowest BCUT2D eigenvalue weighted by Crippen LogP contribution is -2.33. The first-order valence-electron chi connectivity index (χ1n) is 8.63. The predicted octanol–water partition coefficient (Wildman–Crippen LogP) is 2.54. The fourth-order valence-electron chi connectivity index (χ4n) is 2.51. The zero-order valence-electron chi connectivity index (χ0n) is 14.0. The number of pyridine rings is 1. The Labute approximate surface area is 138 Å². The minimum absolute atomic E-state index is 0.521. The van der Waals surface area contributed by atoms with E-state index in [4.69, 9.17) is 5.73 Å². The highest BCUT2D eigenvalue weighted by molar-refractivity contribution is 5.77. The molecular weight excluding hydrogens is 288 g/mol. The molecule has 0 saturated heterocycles. The summed E-state index contributed by atoms with van der Waals surface area (Å²) in [4.78, 5) is 4.36. The van der Waals surface area contributed by atoms with Gasteiger partial charge in [-0.05, 0) is 18.6 Å². The lowest BCUT2D eigenvalue weighted by molar-refractivity contribution is 0.611. The van der Waals surface area contributed by atoms with E-state index in [2.05, 4.69) is 27.4 Å². The first-order valence-corrected chi connectivity index (χ1v) is 8.63. The highest BCUT2D eigenvalue weighted by Crippen LogP contribution is 2.05. The van der Waals surface area contributed by atoms with E-state index >= 15 is 0 Å². The van der Waals surface area contributed by atoms with Crippen molar-refractivity contribution in [3.8, 4) is 0 Å². The van der Waals surface area contributed by atoms with Gasteiger partial charge in [-0.3, -0.25) is 9.39 Å². The van der Waals surface area contributed by atoms with Gasteiger partial charge in [0, 0.05) is 25.7 Å². The van der Waals surface area contributed by atoms with Crippen LogP contribution in [-0.4, -0.2) is 33.6 Å². The molecule has 0 spiro atoms. The third-order valence-electron chi connectivity index (χ3n) is 3.83. The SMILES string of the molecule is CCCCCCCCN=C(N)NCCc1nnc2ccccn12. The number of rotatable bonds is 10. The molecule has 126 valence electrons. The zero-order chi connectivity index (χ0) is 16.3. The van der Waals surface area contributed by atoms with Gasteiger partial charge >= 0.3 is 0 Å². The minimum Gasteiger partial charge on any atom is -0.370 e.